The van der Waals surface area contributed by atoms with E-state index in [0.29, 0.717) is 18.9 Å². The van der Waals surface area contributed by atoms with Gasteiger partial charge in [0.1, 0.15) is 0 Å². The number of hydrogen-bond acceptors (Lipinski definition) is 5. The summed E-state index contributed by atoms with van der Waals surface area (Å²) in [5.41, 5.74) is 5.89. The summed E-state index contributed by atoms with van der Waals surface area (Å²) in [5.74, 6) is -0.0831. The molecule has 0 amide bonds. The predicted molar refractivity (Wildman–Crippen MR) is 75.2 cm³/mol. The first-order chi connectivity index (χ1) is 8.97. The molecule has 0 atom stereocenters. The van der Waals surface area contributed by atoms with Crippen molar-refractivity contribution in [1.82, 2.24) is 0 Å². The molecule has 0 aliphatic carbocycles. The normalized spacial score (nSPS) is 11.7. The van der Waals surface area contributed by atoms with Crippen molar-refractivity contribution in [2.45, 2.75) is 11.3 Å². The third kappa shape index (κ3) is 5.36. The van der Waals surface area contributed by atoms with E-state index in [2.05, 4.69) is 0 Å². The van der Waals surface area contributed by atoms with Gasteiger partial charge < -0.3 is 15.2 Å². The summed E-state index contributed by atoms with van der Waals surface area (Å²) in [6.45, 7) is 1.22. The molecule has 5 nitrogen and oxygen atoms in total. The number of nitrogens with two attached hydrogens (primary N) is 1. The number of rotatable bonds is 8. The van der Waals surface area contributed by atoms with Crippen molar-refractivity contribution >= 4 is 27.1 Å². The largest absolute Gasteiger partial charge is 0.398 e. The van der Waals surface area contributed by atoms with E-state index < -0.39 is 9.84 Å². The summed E-state index contributed by atoms with van der Waals surface area (Å²) in [5, 5.41) is 0.238. The van der Waals surface area contributed by atoms with E-state index in [0.717, 1.165) is 6.42 Å². The summed E-state index contributed by atoms with van der Waals surface area (Å²) in [4.78, 5) is 0.159. The fourth-order valence-electron chi connectivity index (χ4n) is 1.40. The minimum atomic E-state index is -3.39. The first-order valence-corrected chi connectivity index (χ1v) is 7.85. The average molecular weight is 308 g/mol. The van der Waals surface area contributed by atoms with Crippen LogP contribution >= 0.6 is 11.6 Å². The van der Waals surface area contributed by atoms with Gasteiger partial charge in [-0.05, 0) is 24.6 Å². The molecule has 0 heterocycles. The van der Waals surface area contributed by atoms with Crippen molar-refractivity contribution in [3.63, 3.8) is 0 Å². The number of sulfone groups is 1. The van der Waals surface area contributed by atoms with Crippen LogP contribution in [0.15, 0.2) is 23.1 Å². The zero-order valence-electron chi connectivity index (χ0n) is 10.8. The van der Waals surface area contributed by atoms with Gasteiger partial charge in [-0.25, -0.2) is 8.42 Å². The zero-order valence-corrected chi connectivity index (χ0v) is 12.3. The standard InChI is InChI=1S/C12H18ClNO4S/c1-17-5-2-6-18-7-8-19(15,16)10-3-4-12(14)11(13)9-10/h3-4,9H,2,5-8,14H2,1H3. The van der Waals surface area contributed by atoms with Crippen LogP contribution in [0.3, 0.4) is 0 Å². The predicted octanol–water partition coefficient (Wildman–Crippen LogP) is 1.75. The van der Waals surface area contributed by atoms with Crippen LogP contribution in [0.25, 0.3) is 0 Å². The lowest BCUT2D eigenvalue weighted by molar-refractivity contribution is 0.112. The summed E-state index contributed by atoms with van der Waals surface area (Å²) in [6, 6.07) is 4.28. The second-order valence-electron chi connectivity index (χ2n) is 3.96. The topological polar surface area (TPSA) is 78.6 Å². The average Bonchev–Trinajstić information content (AvgIpc) is 2.36. The first-order valence-electron chi connectivity index (χ1n) is 5.82. The fraction of sp³-hybridized carbons (Fsp3) is 0.500. The lowest BCUT2D eigenvalue weighted by atomic mass is 10.3. The summed E-state index contributed by atoms with van der Waals surface area (Å²) in [7, 11) is -1.78. The van der Waals surface area contributed by atoms with Crippen molar-refractivity contribution in [2.75, 3.05) is 38.4 Å². The number of nitrogen functional groups attached to an aromatic ring is 1. The van der Waals surface area contributed by atoms with E-state index in [-0.39, 0.29) is 22.3 Å². The quantitative estimate of drug-likeness (QED) is 0.585. The van der Waals surface area contributed by atoms with Crippen molar-refractivity contribution < 1.29 is 17.9 Å². The van der Waals surface area contributed by atoms with Gasteiger partial charge in [0.05, 0.1) is 28.0 Å². The molecule has 2 N–H and O–H groups in total. The van der Waals surface area contributed by atoms with Crippen LogP contribution in [0.2, 0.25) is 5.02 Å². The van der Waals surface area contributed by atoms with Crippen LogP contribution in [-0.2, 0) is 19.3 Å². The molecule has 0 aliphatic heterocycles. The molecule has 0 saturated heterocycles. The minimum absolute atomic E-state index is 0.0831. The number of hydrogen-bond donors (Lipinski definition) is 1. The molecule has 0 radical (unpaired) electrons. The lowest BCUT2D eigenvalue weighted by Gasteiger charge is -2.07. The molecule has 0 aliphatic rings. The second kappa shape index (κ2) is 7.69. The van der Waals surface area contributed by atoms with E-state index in [1.807, 2.05) is 0 Å². The molecule has 0 unspecified atom stereocenters. The molecule has 1 aromatic carbocycles. The third-order valence-electron chi connectivity index (χ3n) is 2.46. The lowest BCUT2D eigenvalue weighted by Crippen LogP contribution is -2.13. The Labute approximate surface area is 118 Å². The maximum Gasteiger partial charge on any atom is 0.180 e. The Morgan fingerprint density at radius 2 is 2.00 bits per heavy atom. The van der Waals surface area contributed by atoms with Gasteiger partial charge in [0.15, 0.2) is 9.84 Å². The molecule has 108 valence electrons. The highest BCUT2D eigenvalue weighted by Gasteiger charge is 2.15. The van der Waals surface area contributed by atoms with Gasteiger partial charge in [-0.15, -0.1) is 0 Å². The number of anilines is 1. The van der Waals surface area contributed by atoms with Gasteiger partial charge in [-0.1, -0.05) is 11.6 Å². The fourth-order valence-corrected chi connectivity index (χ4v) is 2.79. The van der Waals surface area contributed by atoms with E-state index in [9.17, 15) is 8.42 Å². The van der Waals surface area contributed by atoms with E-state index in [4.69, 9.17) is 26.8 Å². The molecule has 0 bridgehead atoms. The zero-order chi connectivity index (χ0) is 14.3. The highest BCUT2D eigenvalue weighted by atomic mass is 35.5. The highest BCUT2D eigenvalue weighted by molar-refractivity contribution is 7.91. The molecule has 0 spiro atoms. The van der Waals surface area contributed by atoms with Crippen LogP contribution in [0.5, 0.6) is 0 Å². The number of methoxy groups -OCH3 is 1. The Balaban J connectivity index is 2.49. The Morgan fingerprint density at radius 3 is 2.63 bits per heavy atom. The minimum Gasteiger partial charge on any atom is -0.398 e. The van der Waals surface area contributed by atoms with Gasteiger partial charge >= 0.3 is 0 Å². The Morgan fingerprint density at radius 1 is 1.26 bits per heavy atom. The maximum atomic E-state index is 12.0. The number of ether oxygens (including phenoxy) is 2. The first kappa shape index (κ1) is 16.2. The molecular formula is C12H18ClNO4S. The number of halogens is 1. The molecule has 1 rings (SSSR count). The molecular weight excluding hydrogens is 290 g/mol. The van der Waals surface area contributed by atoms with Gasteiger partial charge in [0, 0.05) is 20.3 Å². The molecule has 1 aromatic rings. The highest BCUT2D eigenvalue weighted by Crippen LogP contribution is 2.23. The maximum absolute atomic E-state index is 12.0. The Hall–Kier alpha value is -0.820. The third-order valence-corrected chi connectivity index (χ3v) is 4.47. The molecule has 7 heteroatoms. The smallest absolute Gasteiger partial charge is 0.180 e. The Kier molecular flexibility index (Phi) is 6.57. The van der Waals surface area contributed by atoms with Crippen LogP contribution in [0, 0.1) is 0 Å². The SMILES string of the molecule is COCCCOCCS(=O)(=O)c1ccc(N)c(Cl)c1. The Bertz CT molecular complexity index is 504. The number of benzene rings is 1. The second-order valence-corrected chi connectivity index (χ2v) is 6.48. The van der Waals surface area contributed by atoms with E-state index in [1.165, 1.54) is 18.2 Å². The van der Waals surface area contributed by atoms with E-state index >= 15 is 0 Å². The van der Waals surface area contributed by atoms with Gasteiger partial charge in [0.25, 0.3) is 0 Å². The van der Waals surface area contributed by atoms with Crippen molar-refractivity contribution in [1.29, 1.82) is 0 Å². The van der Waals surface area contributed by atoms with E-state index in [1.54, 1.807) is 7.11 Å². The summed E-state index contributed by atoms with van der Waals surface area (Å²) in [6.07, 6.45) is 0.740. The summed E-state index contributed by atoms with van der Waals surface area (Å²) < 4.78 is 34.0. The molecule has 0 fully saturated rings. The molecule has 0 saturated carbocycles. The van der Waals surface area contributed by atoms with Crippen molar-refractivity contribution in [2.24, 2.45) is 0 Å². The molecule has 0 aromatic heterocycles. The molecule has 19 heavy (non-hydrogen) atoms. The monoisotopic (exact) mass is 307 g/mol. The van der Waals surface area contributed by atoms with Crippen LogP contribution in [0.1, 0.15) is 6.42 Å². The summed E-state index contributed by atoms with van der Waals surface area (Å²) >= 11 is 5.80. The van der Waals surface area contributed by atoms with Crippen LogP contribution < -0.4 is 5.73 Å². The van der Waals surface area contributed by atoms with Gasteiger partial charge in [-0.2, -0.15) is 0 Å². The van der Waals surface area contributed by atoms with Gasteiger partial charge in [0.2, 0.25) is 0 Å². The van der Waals surface area contributed by atoms with Crippen LogP contribution in [0.4, 0.5) is 5.69 Å². The van der Waals surface area contributed by atoms with Crippen molar-refractivity contribution in [3.8, 4) is 0 Å². The van der Waals surface area contributed by atoms with Crippen molar-refractivity contribution in [3.05, 3.63) is 23.2 Å². The van der Waals surface area contributed by atoms with Crippen LogP contribution in [-0.4, -0.2) is 41.1 Å². The van der Waals surface area contributed by atoms with Gasteiger partial charge in [-0.3, -0.25) is 0 Å².